The van der Waals surface area contributed by atoms with E-state index >= 15 is 0 Å². The van der Waals surface area contributed by atoms with Crippen LogP contribution in [0, 0.1) is 0 Å². The second kappa shape index (κ2) is 9.02. The van der Waals surface area contributed by atoms with Crippen molar-refractivity contribution in [1.29, 1.82) is 0 Å². The standard InChI is InChI=1S/C28H30FN5O/c1-18-5-2-7-22(29)26(18)33-15-10-19(11-16-33)21-17-24-27(32-14-13-31-24)34(28(21)35)25-9-3-8-23-20(25)6-4-12-30-23/h4-6,12-14,17,19,25H,2-3,7-11,15-16H2,1H3. The summed E-state index contributed by atoms with van der Waals surface area (Å²) in [5.74, 6) is 0.112. The van der Waals surface area contributed by atoms with E-state index in [1.807, 2.05) is 29.8 Å². The molecular formula is C28H30FN5O. The first kappa shape index (κ1) is 22.1. The molecule has 2 aliphatic carbocycles. The van der Waals surface area contributed by atoms with E-state index in [4.69, 9.17) is 0 Å². The van der Waals surface area contributed by atoms with Crippen LogP contribution in [0.2, 0.25) is 0 Å². The number of halogens is 1. The van der Waals surface area contributed by atoms with E-state index in [1.165, 1.54) is 0 Å². The maximum Gasteiger partial charge on any atom is 0.256 e. The lowest BCUT2D eigenvalue weighted by Gasteiger charge is -2.37. The minimum atomic E-state index is -0.0894. The van der Waals surface area contributed by atoms with Crippen molar-refractivity contribution in [1.82, 2.24) is 24.4 Å². The number of fused-ring (bicyclic) bond motifs is 2. The Balaban J connectivity index is 1.38. The van der Waals surface area contributed by atoms with Crippen molar-refractivity contribution in [3.63, 3.8) is 0 Å². The Morgan fingerprint density at radius 1 is 1.00 bits per heavy atom. The summed E-state index contributed by atoms with van der Waals surface area (Å²) in [6.45, 7) is 3.48. The van der Waals surface area contributed by atoms with Crippen LogP contribution in [-0.4, -0.2) is 37.5 Å². The van der Waals surface area contributed by atoms with Gasteiger partial charge in [-0.15, -0.1) is 0 Å². The number of pyridine rings is 2. The Morgan fingerprint density at radius 2 is 1.83 bits per heavy atom. The van der Waals surface area contributed by atoms with Gasteiger partial charge in [-0.3, -0.25) is 19.3 Å². The third-order valence-electron chi connectivity index (χ3n) is 7.88. The minimum Gasteiger partial charge on any atom is -0.369 e. The van der Waals surface area contributed by atoms with Gasteiger partial charge < -0.3 is 4.90 Å². The highest BCUT2D eigenvalue weighted by molar-refractivity contribution is 5.71. The molecule has 180 valence electrons. The van der Waals surface area contributed by atoms with Gasteiger partial charge >= 0.3 is 0 Å². The van der Waals surface area contributed by atoms with Gasteiger partial charge in [0, 0.05) is 49.4 Å². The van der Waals surface area contributed by atoms with Crippen molar-refractivity contribution in [3.05, 3.63) is 87.1 Å². The number of hydrogen-bond acceptors (Lipinski definition) is 5. The first-order chi connectivity index (χ1) is 17.1. The van der Waals surface area contributed by atoms with Gasteiger partial charge in [0.25, 0.3) is 5.56 Å². The van der Waals surface area contributed by atoms with E-state index in [0.717, 1.165) is 85.2 Å². The molecule has 0 radical (unpaired) electrons. The van der Waals surface area contributed by atoms with E-state index < -0.39 is 0 Å². The van der Waals surface area contributed by atoms with Crippen molar-refractivity contribution < 1.29 is 4.39 Å². The second-order valence-electron chi connectivity index (χ2n) is 9.93. The van der Waals surface area contributed by atoms with Gasteiger partial charge in [0.1, 0.15) is 11.3 Å². The average Bonchev–Trinajstić information content (AvgIpc) is 2.89. The van der Waals surface area contributed by atoms with Crippen LogP contribution < -0.4 is 5.56 Å². The fourth-order valence-corrected chi connectivity index (χ4v) is 6.18. The van der Waals surface area contributed by atoms with E-state index in [2.05, 4.69) is 32.0 Å². The molecule has 3 aliphatic rings. The maximum atomic E-state index is 14.6. The second-order valence-corrected chi connectivity index (χ2v) is 9.93. The summed E-state index contributed by atoms with van der Waals surface area (Å²) >= 11 is 0. The van der Waals surface area contributed by atoms with Crippen LogP contribution in [0.15, 0.2) is 64.8 Å². The fourth-order valence-electron chi connectivity index (χ4n) is 6.18. The SMILES string of the molecule is CC1=CCCC(F)=C1N1CCC(c2cc3nccnc3n(C3CCCc4ncccc43)c2=O)CC1. The lowest BCUT2D eigenvalue weighted by molar-refractivity contribution is 0.256. The Morgan fingerprint density at radius 3 is 2.66 bits per heavy atom. The van der Waals surface area contributed by atoms with Crippen molar-refractivity contribution >= 4 is 11.2 Å². The minimum absolute atomic E-state index is 0.00337. The number of aryl methyl sites for hydroxylation is 1. The van der Waals surface area contributed by atoms with E-state index in [0.29, 0.717) is 12.1 Å². The number of piperidine rings is 1. The number of rotatable bonds is 3. The zero-order valence-electron chi connectivity index (χ0n) is 20.1. The molecular weight excluding hydrogens is 441 g/mol. The van der Waals surface area contributed by atoms with Crippen molar-refractivity contribution in [3.8, 4) is 0 Å². The normalized spacial score (nSPS) is 21.3. The molecule has 0 N–H and O–H groups in total. The number of nitrogens with zero attached hydrogens (tertiary/aromatic N) is 5. The summed E-state index contributed by atoms with van der Waals surface area (Å²) in [7, 11) is 0. The number of allylic oxidation sites excluding steroid dienone is 3. The van der Waals surface area contributed by atoms with Crippen LogP contribution in [0.3, 0.4) is 0 Å². The molecule has 0 spiro atoms. The average molecular weight is 472 g/mol. The molecule has 3 aromatic rings. The van der Waals surface area contributed by atoms with Gasteiger partial charge in [-0.25, -0.2) is 9.37 Å². The van der Waals surface area contributed by atoms with E-state index in [-0.39, 0.29) is 23.3 Å². The zero-order valence-corrected chi connectivity index (χ0v) is 20.1. The summed E-state index contributed by atoms with van der Waals surface area (Å²) in [4.78, 5) is 30.0. The maximum absolute atomic E-state index is 14.6. The highest BCUT2D eigenvalue weighted by Gasteiger charge is 2.31. The lowest BCUT2D eigenvalue weighted by Crippen LogP contribution is -2.37. The zero-order chi connectivity index (χ0) is 23.9. The van der Waals surface area contributed by atoms with Crippen molar-refractivity contribution in [2.24, 2.45) is 0 Å². The summed E-state index contributed by atoms with van der Waals surface area (Å²) in [6.07, 6.45) is 13.0. The first-order valence-corrected chi connectivity index (χ1v) is 12.7. The largest absolute Gasteiger partial charge is 0.369 e. The molecule has 35 heavy (non-hydrogen) atoms. The quantitative estimate of drug-likeness (QED) is 0.525. The van der Waals surface area contributed by atoms with E-state index in [9.17, 15) is 9.18 Å². The molecule has 1 saturated heterocycles. The molecule has 3 aromatic heterocycles. The summed E-state index contributed by atoms with van der Waals surface area (Å²) in [5, 5.41) is 0. The summed E-state index contributed by atoms with van der Waals surface area (Å²) in [6, 6.07) is 5.90. The molecule has 4 heterocycles. The van der Waals surface area contributed by atoms with Gasteiger partial charge in [0.2, 0.25) is 0 Å². The van der Waals surface area contributed by atoms with Crippen LogP contribution in [0.5, 0.6) is 0 Å². The molecule has 1 fully saturated rings. The molecule has 0 amide bonds. The molecule has 6 nitrogen and oxygen atoms in total. The highest BCUT2D eigenvalue weighted by atomic mass is 19.1. The predicted molar refractivity (Wildman–Crippen MR) is 134 cm³/mol. The lowest BCUT2D eigenvalue weighted by atomic mass is 9.87. The van der Waals surface area contributed by atoms with Crippen LogP contribution >= 0.6 is 0 Å². The smallest absolute Gasteiger partial charge is 0.256 e. The van der Waals surface area contributed by atoms with Crippen LogP contribution in [0.1, 0.15) is 74.2 Å². The van der Waals surface area contributed by atoms with Crippen LogP contribution in [0.25, 0.3) is 11.2 Å². The number of likely N-dealkylation sites (tertiary alicyclic amines) is 1. The first-order valence-electron chi connectivity index (χ1n) is 12.7. The Labute approximate surface area is 204 Å². The monoisotopic (exact) mass is 471 g/mol. The predicted octanol–water partition coefficient (Wildman–Crippen LogP) is 5.21. The molecule has 1 atom stereocenters. The fraction of sp³-hybridized carbons (Fsp3) is 0.429. The third kappa shape index (κ3) is 3.87. The molecule has 7 heteroatoms. The molecule has 1 unspecified atom stereocenters. The molecule has 1 aliphatic heterocycles. The van der Waals surface area contributed by atoms with Crippen LogP contribution in [0.4, 0.5) is 4.39 Å². The van der Waals surface area contributed by atoms with Gasteiger partial charge in [-0.2, -0.15) is 0 Å². The topological polar surface area (TPSA) is 63.9 Å². The van der Waals surface area contributed by atoms with Gasteiger partial charge in [-0.1, -0.05) is 12.1 Å². The van der Waals surface area contributed by atoms with Gasteiger partial charge in [0.15, 0.2) is 5.65 Å². The summed E-state index contributed by atoms with van der Waals surface area (Å²) < 4.78 is 16.5. The molecule has 0 bridgehead atoms. The molecule has 6 rings (SSSR count). The van der Waals surface area contributed by atoms with Crippen molar-refractivity contribution in [2.75, 3.05) is 13.1 Å². The highest BCUT2D eigenvalue weighted by Crippen LogP contribution is 2.36. The number of aromatic nitrogens is 4. The number of hydrogen-bond donors (Lipinski definition) is 0. The van der Waals surface area contributed by atoms with Gasteiger partial charge in [0.05, 0.1) is 11.7 Å². The van der Waals surface area contributed by atoms with E-state index in [1.54, 1.807) is 12.4 Å². The molecule has 0 aromatic carbocycles. The van der Waals surface area contributed by atoms with Crippen molar-refractivity contribution in [2.45, 2.75) is 63.8 Å². The van der Waals surface area contributed by atoms with Gasteiger partial charge in [-0.05, 0) is 74.6 Å². The third-order valence-corrected chi connectivity index (χ3v) is 7.88. The summed E-state index contributed by atoms with van der Waals surface area (Å²) in [5.41, 5.74) is 6.19. The Bertz CT molecular complexity index is 1400. The Hall–Kier alpha value is -3.35. The molecule has 0 saturated carbocycles. The Kier molecular flexibility index (Phi) is 5.71. The van der Waals surface area contributed by atoms with Crippen LogP contribution in [-0.2, 0) is 6.42 Å².